The molecule has 0 bridgehead atoms. The van der Waals surface area contributed by atoms with Crippen molar-refractivity contribution < 1.29 is 0 Å². The van der Waals surface area contributed by atoms with Crippen LogP contribution >= 0.6 is 0 Å². The molecule has 0 aromatic heterocycles. The lowest BCUT2D eigenvalue weighted by Gasteiger charge is -2.49. The zero-order valence-electron chi connectivity index (χ0n) is 13.9. The first-order chi connectivity index (χ1) is 7.29. The van der Waals surface area contributed by atoms with Gasteiger partial charge in [0.05, 0.1) is 0 Å². The van der Waals surface area contributed by atoms with Crippen LogP contribution in [0.1, 0.15) is 75.7 Å². The lowest BCUT2D eigenvalue weighted by Crippen LogP contribution is -2.55. The van der Waals surface area contributed by atoms with Crippen LogP contribution in [-0.2, 0) is 0 Å². The summed E-state index contributed by atoms with van der Waals surface area (Å²) in [5.41, 5.74) is 0.931. The second kappa shape index (κ2) is 5.30. The Morgan fingerprint density at radius 3 is 1.41 bits per heavy atom. The summed E-state index contributed by atoms with van der Waals surface area (Å²) >= 11 is 0. The summed E-state index contributed by atoms with van der Waals surface area (Å²) in [7, 11) is 0. The maximum Gasteiger partial charge on any atom is 0.0147 e. The summed E-state index contributed by atoms with van der Waals surface area (Å²) in [6.45, 7) is 24.6. The molecule has 0 radical (unpaired) electrons. The lowest BCUT2D eigenvalue weighted by molar-refractivity contribution is -0.00490. The highest BCUT2D eigenvalue weighted by atomic mass is 15.2. The second-order valence-electron chi connectivity index (χ2n) is 8.65. The number of nitrogens with zero attached hydrogens (tertiary/aromatic N) is 1. The van der Waals surface area contributed by atoms with Crippen LogP contribution in [0.5, 0.6) is 0 Å². The molecule has 0 amide bonds. The van der Waals surface area contributed by atoms with E-state index in [2.05, 4.69) is 74.1 Å². The molecule has 17 heavy (non-hydrogen) atoms. The van der Waals surface area contributed by atoms with Gasteiger partial charge in [-0.05, 0) is 38.0 Å². The second-order valence-corrected chi connectivity index (χ2v) is 8.65. The molecule has 0 aliphatic carbocycles. The van der Waals surface area contributed by atoms with Crippen molar-refractivity contribution in [3.8, 4) is 0 Å². The Morgan fingerprint density at radius 1 is 0.824 bits per heavy atom. The topological polar surface area (TPSA) is 3.24 Å². The predicted molar refractivity (Wildman–Crippen MR) is 79.4 cm³/mol. The third kappa shape index (κ3) is 5.90. The van der Waals surface area contributed by atoms with Gasteiger partial charge in [-0.3, -0.25) is 4.90 Å². The van der Waals surface area contributed by atoms with Crippen molar-refractivity contribution >= 4 is 0 Å². The van der Waals surface area contributed by atoms with Gasteiger partial charge >= 0.3 is 0 Å². The van der Waals surface area contributed by atoms with Crippen LogP contribution in [0.4, 0.5) is 0 Å². The molecule has 0 saturated heterocycles. The minimum absolute atomic E-state index is 0.237. The first kappa shape index (κ1) is 17.0. The Bertz CT molecular complexity index is 221. The maximum atomic E-state index is 2.70. The Morgan fingerprint density at radius 2 is 1.24 bits per heavy atom. The Kier molecular flexibility index (Phi) is 5.29. The molecule has 0 rings (SSSR count). The van der Waals surface area contributed by atoms with Crippen LogP contribution < -0.4 is 0 Å². The highest BCUT2D eigenvalue weighted by Gasteiger charge is 2.36. The molecule has 0 N–H and O–H groups in total. The van der Waals surface area contributed by atoms with Crippen molar-refractivity contribution in [3.05, 3.63) is 0 Å². The molecule has 1 heteroatoms. The smallest absolute Gasteiger partial charge is 0.0147 e. The van der Waals surface area contributed by atoms with E-state index in [-0.39, 0.29) is 5.54 Å². The average Bonchev–Trinajstić information content (AvgIpc) is 1.96. The molecule has 1 nitrogen and oxygen atoms in total. The van der Waals surface area contributed by atoms with Gasteiger partial charge in [0.15, 0.2) is 0 Å². The summed E-state index contributed by atoms with van der Waals surface area (Å²) in [5.74, 6) is 0. The maximum absolute atomic E-state index is 2.70. The quantitative estimate of drug-likeness (QED) is 0.675. The van der Waals surface area contributed by atoms with Gasteiger partial charge in [-0.25, -0.2) is 0 Å². The van der Waals surface area contributed by atoms with E-state index in [0.717, 1.165) is 6.54 Å². The van der Waals surface area contributed by atoms with Crippen LogP contribution in [0.2, 0.25) is 0 Å². The Hall–Kier alpha value is -0.0400. The molecule has 0 aromatic carbocycles. The van der Waals surface area contributed by atoms with Crippen LogP contribution in [0.15, 0.2) is 0 Å². The molecule has 0 aromatic rings. The number of hydrogen-bond donors (Lipinski definition) is 0. The average molecular weight is 241 g/mol. The van der Waals surface area contributed by atoms with Crippen LogP contribution in [-0.4, -0.2) is 23.0 Å². The predicted octanol–water partition coefficient (Wildman–Crippen LogP) is 4.96. The van der Waals surface area contributed by atoms with Crippen molar-refractivity contribution in [1.29, 1.82) is 0 Å². The summed E-state index contributed by atoms with van der Waals surface area (Å²) in [6.07, 6.45) is 1.22. The van der Waals surface area contributed by atoms with Crippen molar-refractivity contribution in [1.82, 2.24) is 4.90 Å². The first-order valence-corrected chi connectivity index (χ1v) is 7.06. The fourth-order valence-electron chi connectivity index (χ4n) is 2.63. The molecule has 0 spiro atoms. The minimum Gasteiger partial charge on any atom is -0.295 e. The van der Waals surface area contributed by atoms with Crippen molar-refractivity contribution in [2.75, 3.05) is 6.54 Å². The number of rotatable bonds is 3. The largest absolute Gasteiger partial charge is 0.295 e. The van der Waals surface area contributed by atoms with Crippen molar-refractivity contribution in [2.24, 2.45) is 10.8 Å². The van der Waals surface area contributed by atoms with E-state index in [9.17, 15) is 0 Å². The lowest BCUT2D eigenvalue weighted by atomic mass is 9.80. The summed E-state index contributed by atoms with van der Waals surface area (Å²) < 4.78 is 0. The van der Waals surface area contributed by atoms with E-state index in [1.807, 2.05) is 0 Å². The molecule has 0 saturated carbocycles. The van der Waals surface area contributed by atoms with Crippen molar-refractivity contribution in [2.45, 2.75) is 87.2 Å². The normalized spacial score (nSPS) is 16.4. The molecule has 1 unspecified atom stereocenters. The van der Waals surface area contributed by atoms with E-state index in [4.69, 9.17) is 0 Å². The molecular formula is C16H35N. The number of hydrogen-bond acceptors (Lipinski definition) is 1. The molecule has 0 aliphatic heterocycles. The molecule has 104 valence electrons. The summed E-state index contributed by atoms with van der Waals surface area (Å²) in [5, 5.41) is 0. The van der Waals surface area contributed by atoms with Gasteiger partial charge in [0.25, 0.3) is 0 Å². The zero-order chi connectivity index (χ0) is 14.1. The van der Waals surface area contributed by atoms with Gasteiger partial charge < -0.3 is 0 Å². The van der Waals surface area contributed by atoms with Crippen LogP contribution in [0.25, 0.3) is 0 Å². The fourth-order valence-corrected chi connectivity index (χ4v) is 2.63. The van der Waals surface area contributed by atoms with E-state index in [0.29, 0.717) is 16.9 Å². The van der Waals surface area contributed by atoms with Gasteiger partial charge in [0.2, 0.25) is 0 Å². The fraction of sp³-hybridized carbons (Fsp3) is 1.00. The Balaban J connectivity index is 5.18. The molecule has 0 aliphatic rings. The standard InChI is InChI=1S/C16H35N/c1-11-13(15(5,6)7)17(16(8,9)10)12-14(2,3)4/h13H,11-12H2,1-10H3. The third-order valence-electron chi connectivity index (χ3n) is 3.27. The highest BCUT2D eigenvalue weighted by molar-refractivity contribution is 4.91. The van der Waals surface area contributed by atoms with Gasteiger partial charge in [0.1, 0.15) is 0 Å². The SMILES string of the molecule is CCC(N(CC(C)(C)C)C(C)(C)C)C(C)(C)C. The minimum atomic E-state index is 0.237. The third-order valence-corrected chi connectivity index (χ3v) is 3.27. The van der Waals surface area contributed by atoms with Crippen LogP contribution in [0, 0.1) is 10.8 Å². The summed E-state index contributed by atoms with van der Waals surface area (Å²) in [6, 6.07) is 0.640. The van der Waals surface area contributed by atoms with Gasteiger partial charge in [-0.15, -0.1) is 0 Å². The van der Waals surface area contributed by atoms with Gasteiger partial charge in [-0.1, -0.05) is 48.5 Å². The van der Waals surface area contributed by atoms with E-state index in [1.54, 1.807) is 0 Å². The van der Waals surface area contributed by atoms with E-state index in [1.165, 1.54) is 6.42 Å². The molecule has 0 heterocycles. The molecule has 0 fully saturated rings. The van der Waals surface area contributed by atoms with E-state index >= 15 is 0 Å². The van der Waals surface area contributed by atoms with Gasteiger partial charge in [0, 0.05) is 18.1 Å². The molecule has 1 atom stereocenters. The Labute approximate surface area is 110 Å². The first-order valence-electron chi connectivity index (χ1n) is 7.06. The molecular weight excluding hydrogens is 206 g/mol. The zero-order valence-corrected chi connectivity index (χ0v) is 13.9. The monoisotopic (exact) mass is 241 g/mol. The highest BCUT2D eigenvalue weighted by Crippen LogP contribution is 2.34. The van der Waals surface area contributed by atoms with E-state index < -0.39 is 0 Å². The van der Waals surface area contributed by atoms with Crippen molar-refractivity contribution in [3.63, 3.8) is 0 Å². The van der Waals surface area contributed by atoms with Crippen LogP contribution in [0.3, 0.4) is 0 Å². The summed E-state index contributed by atoms with van der Waals surface area (Å²) in [4.78, 5) is 2.70. The van der Waals surface area contributed by atoms with Gasteiger partial charge in [-0.2, -0.15) is 0 Å².